The van der Waals surface area contributed by atoms with Gasteiger partial charge in [-0.05, 0) is 30.4 Å². The Hall–Kier alpha value is -1.58. The zero-order valence-electron chi connectivity index (χ0n) is 11.0. The highest BCUT2D eigenvalue weighted by atomic mass is 15.0. The first-order valence-corrected chi connectivity index (χ1v) is 6.68. The van der Waals surface area contributed by atoms with Crippen molar-refractivity contribution in [2.75, 3.05) is 5.73 Å². The fourth-order valence-corrected chi connectivity index (χ4v) is 3.09. The molecule has 2 heterocycles. The van der Waals surface area contributed by atoms with E-state index in [2.05, 4.69) is 28.8 Å². The predicted octanol–water partition coefficient (Wildman–Crippen LogP) is 3.22. The molecule has 1 atom stereocenters. The van der Waals surface area contributed by atoms with Gasteiger partial charge in [-0.1, -0.05) is 26.7 Å². The Morgan fingerprint density at radius 2 is 2.11 bits per heavy atom. The van der Waals surface area contributed by atoms with Crippen LogP contribution >= 0.6 is 0 Å². The number of nitrogens with one attached hydrogen (secondary N) is 1. The summed E-state index contributed by atoms with van der Waals surface area (Å²) in [6.45, 7) is 4.68. The second kappa shape index (κ2) is 3.97. The Bertz CT molecular complexity index is 570. The zero-order valence-corrected chi connectivity index (χ0v) is 11.0. The molecular weight excluding hydrogens is 224 g/mol. The number of aromatic amines is 1. The molecule has 3 rings (SSSR count). The van der Waals surface area contributed by atoms with Crippen LogP contribution in [-0.2, 0) is 0 Å². The number of hydrogen-bond donors (Lipinski definition) is 2. The van der Waals surface area contributed by atoms with Gasteiger partial charge in [0.25, 0.3) is 0 Å². The number of nitrogens with two attached hydrogens (primary N) is 1. The van der Waals surface area contributed by atoms with E-state index in [0.717, 1.165) is 17.0 Å². The number of H-pyrrole nitrogens is 1. The smallest absolute Gasteiger partial charge is 0.179 e. The molecule has 0 bridgehead atoms. The van der Waals surface area contributed by atoms with Gasteiger partial charge < -0.3 is 10.7 Å². The maximum absolute atomic E-state index is 5.70. The molecule has 2 aromatic heterocycles. The molecule has 0 radical (unpaired) electrons. The Labute approximate surface area is 107 Å². The molecule has 18 heavy (non-hydrogen) atoms. The summed E-state index contributed by atoms with van der Waals surface area (Å²) in [6.07, 6.45) is 5.10. The third-order valence-electron chi connectivity index (χ3n) is 4.22. The van der Waals surface area contributed by atoms with E-state index in [1.807, 2.05) is 12.1 Å². The lowest BCUT2D eigenvalue weighted by atomic mass is 9.68. The van der Waals surface area contributed by atoms with E-state index < -0.39 is 0 Å². The molecule has 4 nitrogen and oxygen atoms in total. The van der Waals surface area contributed by atoms with Gasteiger partial charge >= 0.3 is 0 Å². The molecule has 1 aliphatic rings. The number of rotatable bonds is 1. The molecule has 1 fully saturated rings. The van der Waals surface area contributed by atoms with Crippen LogP contribution in [0.15, 0.2) is 12.1 Å². The summed E-state index contributed by atoms with van der Waals surface area (Å²) in [5.41, 5.74) is 7.75. The van der Waals surface area contributed by atoms with Crippen LogP contribution in [0.1, 0.15) is 51.3 Å². The highest BCUT2D eigenvalue weighted by Crippen LogP contribution is 2.45. The Kier molecular flexibility index (Phi) is 2.54. The minimum Gasteiger partial charge on any atom is -0.384 e. The summed E-state index contributed by atoms with van der Waals surface area (Å²) in [5.74, 6) is 2.11. The first kappa shape index (κ1) is 11.5. The molecule has 0 aliphatic heterocycles. The maximum atomic E-state index is 5.70. The third-order valence-corrected chi connectivity index (χ3v) is 4.22. The van der Waals surface area contributed by atoms with Gasteiger partial charge in [0, 0.05) is 5.92 Å². The van der Waals surface area contributed by atoms with Crippen molar-refractivity contribution in [2.24, 2.45) is 5.41 Å². The van der Waals surface area contributed by atoms with Gasteiger partial charge in [0.15, 0.2) is 5.65 Å². The summed E-state index contributed by atoms with van der Waals surface area (Å²) in [6, 6.07) is 3.78. The zero-order chi connectivity index (χ0) is 12.8. The summed E-state index contributed by atoms with van der Waals surface area (Å²) < 4.78 is 0. The summed E-state index contributed by atoms with van der Waals surface area (Å²) in [5, 5.41) is 0. The van der Waals surface area contributed by atoms with Crippen LogP contribution in [0.3, 0.4) is 0 Å². The van der Waals surface area contributed by atoms with Gasteiger partial charge in [0.1, 0.15) is 11.6 Å². The number of imidazole rings is 1. The lowest BCUT2D eigenvalue weighted by Crippen LogP contribution is -2.26. The standard InChI is InChI=1S/C14H20N4/c1-14(2)8-4-3-5-9(14)12-16-10-6-7-11(15)17-13(10)18-12/h6-7,9H,3-5,8H2,1-2H3,(H3,15,16,17,18). The summed E-state index contributed by atoms with van der Waals surface area (Å²) in [7, 11) is 0. The quantitative estimate of drug-likeness (QED) is 0.809. The lowest BCUT2D eigenvalue weighted by molar-refractivity contribution is 0.193. The molecule has 1 unspecified atom stereocenters. The summed E-state index contributed by atoms with van der Waals surface area (Å²) >= 11 is 0. The van der Waals surface area contributed by atoms with Crippen LogP contribution < -0.4 is 5.73 Å². The minimum absolute atomic E-state index is 0.317. The highest BCUT2D eigenvalue weighted by Gasteiger charge is 2.35. The van der Waals surface area contributed by atoms with Crippen LogP contribution in [0.4, 0.5) is 5.82 Å². The van der Waals surface area contributed by atoms with Crippen LogP contribution in [0.25, 0.3) is 11.2 Å². The summed E-state index contributed by atoms with van der Waals surface area (Å²) in [4.78, 5) is 12.3. The van der Waals surface area contributed by atoms with Crippen LogP contribution in [0, 0.1) is 5.41 Å². The fraction of sp³-hybridized carbons (Fsp3) is 0.571. The topological polar surface area (TPSA) is 67.6 Å². The Morgan fingerprint density at radius 1 is 1.28 bits per heavy atom. The SMILES string of the molecule is CC1(C)CCCCC1c1nc2nc(N)ccc2[nH]1. The number of nitrogens with zero attached hydrogens (tertiary/aromatic N) is 2. The monoisotopic (exact) mass is 244 g/mol. The van der Waals surface area contributed by atoms with Crippen LogP contribution in [0.5, 0.6) is 0 Å². The average molecular weight is 244 g/mol. The van der Waals surface area contributed by atoms with Crippen molar-refractivity contribution in [1.29, 1.82) is 0 Å². The number of aromatic nitrogens is 3. The van der Waals surface area contributed by atoms with Crippen molar-refractivity contribution in [3.05, 3.63) is 18.0 Å². The van der Waals surface area contributed by atoms with Gasteiger partial charge in [0.05, 0.1) is 5.52 Å². The van der Waals surface area contributed by atoms with E-state index in [0.29, 0.717) is 17.2 Å². The maximum Gasteiger partial charge on any atom is 0.179 e. The van der Waals surface area contributed by atoms with E-state index in [1.54, 1.807) is 0 Å². The van der Waals surface area contributed by atoms with E-state index >= 15 is 0 Å². The lowest BCUT2D eigenvalue weighted by Gasteiger charge is -2.37. The third kappa shape index (κ3) is 1.85. The van der Waals surface area contributed by atoms with Gasteiger partial charge in [-0.3, -0.25) is 0 Å². The van der Waals surface area contributed by atoms with Crippen molar-refractivity contribution in [2.45, 2.75) is 45.4 Å². The van der Waals surface area contributed by atoms with E-state index in [-0.39, 0.29) is 0 Å². The molecular formula is C14H20N4. The number of anilines is 1. The second-order valence-electron chi connectivity index (χ2n) is 6.02. The molecule has 0 spiro atoms. The van der Waals surface area contributed by atoms with E-state index in [1.165, 1.54) is 25.7 Å². The number of hydrogen-bond acceptors (Lipinski definition) is 3. The highest BCUT2D eigenvalue weighted by molar-refractivity contribution is 5.72. The molecule has 4 heteroatoms. The van der Waals surface area contributed by atoms with Gasteiger partial charge in [-0.2, -0.15) is 0 Å². The molecule has 3 N–H and O–H groups in total. The fourth-order valence-electron chi connectivity index (χ4n) is 3.09. The molecule has 1 saturated carbocycles. The van der Waals surface area contributed by atoms with Crippen molar-refractivity contribution in [3.63, 3.8) is 0 Å². The normalized spacial score (nSPS) is 23.3. The van der Waals surface area contributed by atoms with E-state index in [9.17, 15) is 0 Å². The Balaban J connectivity index is 2.03. The number of nitrogen functional groups attached to an aromatic ring is 1. The molecule has 0 aromatic carbocycles. The van der Waals surface area contributed by atoms with Gasteiger partial charge in [0.2, 0.25) is 0 Å². The van der Waals surface area contributed by atoms with E-state index in [4.69, 9.17) is 5.73 Å². The molecule has 0 amide bonds. The second-order valence-corrected chi connectivity index (χ2v) is 6.02. The van der Waals surface area contributed by atoms with Crippen molar-refractivity contribution in [1.82, 2.24) is 15.0 Å². The molecule has 96 valence electrons. The van der Waals surface area contributed by atoms with Gasteiger partial charge in [-0.15, -0.1) is 0 Å². The molecule has 2 aromatic rings. The molecule has 0 saturated heterocycles. The van der Waals surface area contributed by atoms with Crippen LogP contribution in [-0.4, -0.2) is 15.0 Å². The molecule has 1 aliphatic carbocycles. The predicted molar refractivity (Wildman–Crippen MR) is 73.3 cm³/mol. The first-order valence-electron chi connectivity index (χ1n) is 6.68. The van der Waals surface area contributed by atoms with Gasteiger partial charge in [-0.25, -0.2) is 9.97 Å². The largest absolute Gasteiger partial charge is 0.384 e. The first-order chi connectivity index (χ1) is 8.56. The Morgan fingerprint density at radius 3 is 2.89 bits per heavy atom. The average Bonchev–Trinajstić information content (AvgIpc) is 2.70. The van der Waals surface area contributed by atoms with Crippen molar-refractivity contribution < 1.29 is 0 Å². The minimum atomic E-state index is 0.317. The van der Waals surface area contributed by atoms with Crippen molar-refractivity contribution in [3.8, 4) is 0 Å². The van der Waals surface area contributed by atoms with Crippen molar-refractivity contribution >= 4 is 17.0 Å². The number of fused-ring (bicyclic) bond motifs is 1. The number of pyridine rings is 1. The van der Waals surface area contributed by atoms with Crippen LogP contribution in [0.2, 0.25) is 0 Å².